The minimum Gasteiger partial charge on any atom is -0.444 e. The number of oxazole rings is 1. The molecule has 2 aromatic rings. The third-order valence-corrected chi connectivity index (χ3v) is 4.64. The van der Waals surface area contributed by atoms with Crippen molar-refractivity contribution in [2.45, 2.75) is 38.8 Å². The van der Waals surface area contributed by atoms with Gasteiger partial charge in [-0.05, 0) is 31.9 Å². The van der Waals surface area contributed by atoms with Gasteiger partial charge in [-0.25, -0.2) is 18.8 Å². The molecule has 0 amide bonds. The number of hydrogen-bond acceptors (Lipinski definition) is 4. The summed E-state index contributed by atoms with van der Waals surface area (Å²) in [7, 11) is 0. The fourth-order valence-electron chi connectivity index (χ4n) is 3.22. The summed E-state index contributed by atoms with van der Waals surface area (Å²) in [5.74, 6) is 1.29. The van der Waals surface area contributed by atoms with Crippen molar-refractivity contribution in [2.24, 2.45) is 4.99 Å². The number of alkyl halides is 2. The lowest BCUT2D eigenvalue weighted by atomic mass is 10.1. The highest BCUT2D eigenvalue weighted by atomic mass is 127. The number of aromatic nitrogens is 1. The second-order valence-electron chi connectivity index (χ2n) is 6.82. The maximum atomic E-state index is 12.5. The third-order valence-electron chi connectivity index (χ3n) is 4.64. The number of guanidine groups is 1. The van der Waals surface area contributed by atoms with Crippen molar-refractivity contribution < 1.29 is 13.2 Å². The van der Waals surface area contributed by atoms with Gasteiger partial charge in [-0.15, -0.1) is 24.0 Å². The van der Waals surface area contributed by atoms with E-state index in [4.69, 9.17) is 4.42 Å². The van der Waals surface area contributed by atoms with Gasteiger partial charge in [0.25, 0.3) is 6.43 Å². The van der Waals surface area contributed by atoms with Gasteiger partial charge in [0, 0.05) is 31.2 Å². The van der Waals surface area contributed by atoms with Gasteiger partial charge in [0.05, 0.1) is 13.1 Å². The van der Waals surface area contributed by atoms with Crippen molar-refractivity contribution in [3.63, 3.8) is 0 Å². The van der Waals surface area contributed by atoms with E-state index in [1.54, 1.807) is 6.26 Å². The predicted octanol–water partition coefficient (Wildman–Crippen LogP) is 3.74. The fraction of sp³-hybridized carbons (Fsp3) is 0.500. The van der Waals surface area contributed by atoms with E-state index >= 15 is 0 Å². The SMILES string of the molecule is CCNC(=NCc1coc(-c2ccccc2)n1)NC1CCN(CC(F)F)CC1.I. The quantitative estimate of drug-likeness (QED) is 0.332. The lowest BCUT2D eigenvalue weighted by Crippen LogP contribution is -2.49. The maximum Gasteiger partial charge on any atom is 0.251 e. The summed E-state index contributed by atoms with van der Waals surface area (Å²) in [6, 6.07) is 9.96. The van der Waals surface area contributed by atoms with Gasteiger partial charge in [0.15, 0.2) is 5.96 Å². The lowest BCUT2D eigenvalue weighted by Gasteiger charge is -2.32. The fourth-order valence-corrected chi connectivity index (χ4v) is 3.22. The zero-order valence-electron chi connectivity index (χ0n) is 16.5. The van der Waals surface area contributed by atoms with Gasteiger partial charge in [0.2, 0.25) is 5.89 Å². The van der Waals surface area contributed by atoms with Gasteiger partial charge in [-0.1, -0.05) is 18.2 Å². The van der Waals surface area contributed by atoms with Crippen molar-refractivity contribution in [3.8, 4) is 11.5 Å². The summed E-state index contributed by atoms with van der Waals surface area (Å²) in [4.78, 5) is 10.9. The van der Waals surface area contributed by atoms with Crippen LogP contribution in [-0.4, -0.2) is 54.5 Å². The van der Waals surface area contributed by atoms with E-state index in [9.17, 15) is 8.78 Å². The Labute approximate surface area is 187 Å². The van der Waals surface area contributed by atoms with Crippen LogP contribution in [0.4, 0.5) is 8.78 Å². The van der Waals surface area contributed by atoms with Crippen molar-refractivity contribution >= 4 is 29.9 Å². The molecule has 0 spiro atoms. The Morgan fingerprint density at radius 1 is 1.28 bits per heavy atom. The Hall–Kier alpha value is -1.75. The van der Waals surface area contributed by atoms with Gasteiger partial charge in [-0.2, -0.15) is 0 Å². The van der Waals surface area contributed by atoms with E-state index in [2.05, 4.69) is 20.6 Å². The second kappa shape index (κ2) is 12.1. The number of likely N-dealkylation sites (tertiary alicyclic amines) is 1. The van der Waals surface area contributed by atoms with Crippen molar-refractivity contribution in [1.29, 1.82) is 0 Å². The third kappa shape index (κ3) is 7.54. The molecule has 9 heteroatoms. The first kappa shape index (κ1) is 23.5. The topological polar surface area (TPSA) is 65.7 Å². The summed E-state index contributed by atoms with van der Waals surface area (Å²) in [6.07, 6.45) is 0.989. The number of aliphatic imine (C=N–C) groups is 1. The van der Waals surface area contributed by atoms with E-state index in [1.165, 1.54) is 0 Å². The summed E-state index contributed by atoms with van der Waals surface area (Å²) in [5.41, 5.74) is 1.68. The number of benzene rings is 1. The van der Waals surface area contributed by atoms with Crippen molar-refractivity contribution in [2.75, 3.05) is 26.2 Å². The number of nitrogens with one attached hydrogen (secondary N) is 2. The molecule has 2 heterocycles. The molecule has 1 saturated heterocycles. The molecule has 0 atom stereocenters. The van der Waals surface area contributed by atoms with Crippen LogP contribution in [-0.2, 0) is 6.54 Å². The van der Waals surface area contributed by atoms with Crippen LogP contribution in [0.15, 0.2) is 46.0 Å². The van der Waals surface area contributed by atoms with Crippen LogP contribution < -0.4 is 10.6 Å². The summed E-state index contributed by atoms with van der Waals surface area (Å²) in [5, 5.41) is 6.63. The summed E-state index contributed by atoms with van der Waals surface area (Å²) >= 11 is 0. The number of rotatable bonds is 7. The standard InChI is InChI=1S/C20H27F2N5O.HI/c1-2-23-20(26-16-8-10-27(11-9-16)13-18(21)22)24-12-17-14-28-19(25-17)15-6-4-3-5-7-15;/h3-7,14,16,18H,2,8-13H2,1H3,(H2,23,24,26);1H. The van der Waals surface area contributed by atoms with Crippen LogP contribution in [0.2, 0.25) is 0 Å². The molecule has 29 heavy (non-hydrogen) atoms. The van der Waals surface area contributed by atoms with Crippen LogP contribution >= 0.6 is 24.0 Å². The second-order valence-corrected chi connectivity index (χ2v) is 6.82. The van der Waals surface area contributed by atoms with Gasteiger partial charge in [0.1, 0.15) is 12.0 Å². The summed E-state index contributed by atoms with van der Waals surface area (Å²) < 4.78 is 30.5. The molecule has 1 aromatic heterocycles. The average molecular weight is 519 g/mol. The minimum absolute atomic E-state index is 0. The molecule has 3 rings (SSSR count). The molecule has 1 aliphatic heterocycles. The number of piperidine rings is 1. The average Bonchev–Trinajstić information content (AvgIpc) is 3.17. The molecule has 0 aliphatic carbocycles. The Morgan fingerprint density at radius 3 is 2.66 bits per heavy atom. The highest BCUT2D eigenvalue weighted by molar-refractivity contribution is 14.0. The number of hydrogen-bond donors (Lipinski definition) is 2. The molecule has 0 unspecified atom stereocenters. The van der Waals surface area contributed by atoms with Gasteiger partial charge >= 0.3 is 0 Å². The molecule has 6 nitrogen and oxygen atoms in total. The summed E-state index contributed by atoms with van der Waals surface area (Å²) in [6.45, 7) is 4.35. The normalized spacial score (nSPS) is 15.9. The first-order chi connectivity index (χ1) is 13.6. The van der Waals surface area contributed by atoms with Gasteiger partial charge < -0.3 is 15.1 Å². The highest BCUT2D eigenvalue weighted by Gasteiger charge is 2.22. The van der Waals surface area contributed by atoms with Crippen LogP contribution in [0.3, 0.4) is 0 Å². The largest absolute Gasteiger partial charge is 0.444 e. The van der Waals surface area contributed by atoms with E-state index in [-0.39, 0.29) is 36.6 Å². The molecule has 160 valence electrons. The van der Waals surface area contributed by atoms with Crippen LogP contribution in [0.1, 0.15) is 25.5 Å². The van der Waals surface area contributed by atoms with Crippen molar-refractivity contribution in [1.82, 2.24) is 20.5 Å². The van der Waals surface area contributed by atoms with E-state index in [0.29, 0.717) is 31.5 Å². The predicted molar refractivity (Wildman–Crippen MR) is 121 cm³/mol. The molecule has 0 radical (unpaired) electrons. The Kier molecular flexibility index (Phi) is 9.79. The van der Waals surface area contributed by atoms with E-state index in [1.807, 2.05) is 42.2 Å². The van der Waals surface area contributed by atoms with Crippen LogP contribution in [0.5, 0.6) is 0 Å². The van der Waals surface area contributed by atoms with Crippen molar-refractivity contribution in [3.05, 3.63) is 42.3 Å². The lowest BCUT2D eigenvalue weighted by molar-refractivity contribution is 0.0744. The molecule has 0 bridgehead atoms. The molecular formula is C20H28F2IN5O. The highest BCUT2D eigenvalue weighted by Crippen LogP contribution is 2.18. The monoisotopic (exact) mass is 519 g/mol. The Bertz CT molecular complexity index is 748. The first-order valence-electron chi connectivity index (χ1n) is 9.69. The minimum atomic E-state index is -2.27. The Morgan fingerprint density at radius 2 is 2.00 bits per heavy atom. The zero-order valence-corrected chi connectivity index (χ0v) is 18.8. The number of halogens is 3. The smallest absolute Gasteiger partial charge is 0.251 e. The Balaban J connectivity index is 0.00000300. The molecule has 1 aromatic carbocycles. The molecule has 2 N–H and O–H groups in total. The molecule has 1 aliphatic rings. The van der Waals surface area contributed by atoms with E-state index < -0.39 is 6.43 Å². The van der Waals surface area contributed by atoms with Crippen LogP contribution in [0.25, 0.3) is 11.5 Å². The maximum absolute atomic E-state index is 12.5. The molecule has 1 fully saturated rings. The van der Waals surface area contributed by atoms with Gasteiger partial charge in [-0.3, -0.25) is 4.90 Å². The first-order valence-corrected chi connectivity index (χ1v) is 9.69. The molecule has 0 saturated carbocycles. The van der Waals surface area contributed by atoms with E-state index in [0.717, 1.165) is 30.6 Å². The molecular weight excluding hydrogens is 491 g/mol. The zero-order chi connectivity index (χ0) is 19.8. The number of nitrogens with zero attached hydrogens (tertiary/aromatic N) is 3. The van der Waals surface area contributed by atoms with Crippen LogP contribution in [0, 0.1) is 0 Å².